The molecule has 6 heteroatoms. The number of rotatable bonds is 4. The summed E-state index contributed by atoms with van der Waals surface area (Å²) < 4.78 is 27.1. The van der Waals surface area contributed by atoms with E-state index in [1.54, 1.807) is 4.31 Å². The number of hydrogen-bond donors (Lipinski definition) is 1. The van der Waals surface area contributed by atoms with Crippen molar-refractivity contribution in [3.63, 3.8) is 0 Å². The Morgan fingerprint density at radius 3 is 2.29 bits per heavy atom. The SMILES string of the molecule is CCN(C1CCC(N)CC1)S(=O)(=O)c1ccc(C#N)cc1. The van der Waals surface area contributed by atoms with Gasteiger partial charge in [0.05, 0.1) is 16.5 Å². The lowest BCUT2D eigenvalue weighted by Crippen LogP contribution is -2.44. The zero-order valence-corrected chi connectivity index (χ0v) is 13.0. The van der Waals surface area contributed by atoms with Crippen LogP contribution in [0.25, 0.3) is 0 Å². The molecule has 114 valence electrons. The van der Waals surface area contributed by atoms with Gasteiger partial charge in [0.1, 0.15) is 0 Å². The minimum absolute atomic E-state index is 0.0236. The Labute approximate surface area is 126 Å². The van der Waals surface area contributed by atoms with Crippen LogP contribution in [0, 0.1) is 11.3 Å². The molecule has 1 aliphatic rings. The molecular weight excluding hydrogens is 286 g/mol. The van der Waals surface area contributed by atoms with Crippen molar-refractivity contribution in [1.82, 2.24) is 4.31 Å². The third kappa shape index (κ3) is 3.43. The van der Waals surface area contributed by atoms with E-state index >= 15 is 0 Å². The van der Waals surface area contributed by atoms with Crippen molar-refractivity contribution in [1.29, 1.82) is 5.26 Å². The van der Waals surface area contributed by atoms with Crippen molar-refractivity contribution < 1.29 is 8.42 Å². The molecule has 2 N–H and O–H groups in total. The Morgan fingerprint density at radius 2 is 1.81 bits per heavy atom. The number of nitriles is 1. The second-order valence-corrected chi connectivity index (χ2v) is 7.30. The Bertz CT molecular complexity index is 611. The first-order chi connectivity index (χ1) is 9.98. The summed E-state index contributed by atoms with van der Waals surface area (Å²) in [6.45, 7) is 2.30. The van der Waals surface area contributed by atoms with Gasteiger partial charge in [-0.2, -0.15) is 9.57 Å². The lowest BCUT2D eigenvalue weighted by molar-refractivity contribution is 0.247. The highest BCUT2D eigenvalue weighted by Crippen LogP contribution is 2.27. The summed E-state index contributed by atoms with van der Waals surface area (Å²) in [5.41, 5.74) is 6.35. The number of benzene rings is 1. The molecule has 1 aliphatic carbocycles. The van der Waals surface area contributed by atoms with Crippen LogP contribution in [0.1, 0.15) is 38.2 Å². The minimum Gasteiger partial charge on any atom is -0.328 e. The van der Waals surface area contributed by atoms with E-state index in [-0.39, 0.29) is 17.0 Å². The van der Waals surface area contributed by atoms with Crippen LogP contribution in [0.5, 0.6) is 0 Å². The lowest BCUT2D eigenvalue weighted by Gasteiger charge is -2.34. The summed E-state index contributed by atoms with van der Waals surface area (Å²) in [7, 11) is -3.51. The molecular formula is C15H21N3O2S. The zero-order valence-electron chi connectivity index (χ0n) is 12.2. The first-order valence-corrected chi connectivity index (χ1v) is 8.70. The molecule has 0 aromatic heterocycles. The molecule has 0 heterocycles. The van der Waals surface area contributed by atoms with Crippen LogP contribution in [-0.2, 0) is 10.0 Å². The van der Waals surface area contributed by atoms with E-state index in [0.717, 1.165) is 25.7 Å². The van der Waals surface area contributed by atoms with Crippen molar-refractivity contribution in [3.8, 4) is 6.07 Å². The maximum absolute atomic E-state index is 12.8. The summed E-state index contributed by atoms with van der Waals surface area (Å²) in [6, 6.07) is 8.30. The third-order valence-corrected chi connectivity index (χ3v) is 6.09. The Kier molecular flexibility index (Phi) is 4.99. The highest BCUT2D eigenvalue weighted by atomic mass is 32.2. The van der Waals surface area contributed by atoms with Gasteiger partial charge in [-0.25, -0.2) is 8.42 Å². The van der Waals surface area contributed by atoms with Gasteiger partial charge in [-0.05, 0) is 49.9 Å². The van der Waals surface area contributed by atoms with E-state index < -0.39 is 10.0 Å². The molecule has 0 atom stereocenters. The first-order valence-electron chi connectivity index (χ1n) is 7.26. The summed E-state index contributed by atoms with van der Waals surface area (Å²) >= 11 is 0. The Balaban J connectivity index is 2.24. The fourth-order valence-corrected chi connectivity index (χ4v) is 4.54. The second-order valence-electron chi connectivity index (χ2n) is 5.41. The van der Waals surface area contributed by atoms with Crippen LogP contribution >= 0.6 is 0 Å². The molecule has 1 saturated carbocycles. The van der Waals surface area contributed by atoms with E-state index in [0.29, 0.717) is 12.1 Å². The monoisotopic (exact) mass is 307 g/mol. The van der Waals surface area contributed by atoms with Gasteiger partial charge in [0.15, 0.2) is 0 Å². The normalized spacial score (nSPS) is 23.0. The summed E-state index contributed by atoms with van der Waals surface area (Å²) in [5, 5.41) is 8.79. The number of nitrogens with two attached hydrogens (primary N) is 1. The first kappa shape index (κ1) is 16.0. The highest BCUT2D eigenvalue weighted by molar-refractivity contribution is 7.89. The van der Waals surface area contributed by atoms with Crippen LogP contribution in [0.4, 0.5) is 0 Å². The minimum atomic E-state index is -3.51. The average Bonchev–Trinajstić information content (AvgIpc) is 2.50. The molecule has 1 aromatic rings. The van der Waals surface area contributed by atoms with Crippen LogP contribution in [0.15, 0.2) is 29.2 Å². The van der Waals surface area contributed by atoms with Gasteiger partial charge in [-0.3, -0.25) is 0 Å². The standard InChI is InChI=1S/C15H21N3O2S/c1-2-18(14-7-5-13(17)6-8-14)21(19,20)15-9-3-12(11-16)4-10-15/h3-4,9-10,13-14H,2,5-8,17H2,1H3. The summed E-state index contributed by atoms with van der Waals surface area (Å²) in [4.78, 5) is 0.248. The van der Waals surface area contributed by atoms with E-state index in [1.165, 1.54) is 24.3 Å². The summed E-state index contributed by atoms with van der Waals surface area (Å²) in [6.07, 6.45) is 3.35. The summed E-state index contributed by atoms with van der Waals surface area (Å²) in [5.74, 6) is 0. The lowest BCUT2D eigenvalue weighted by atomic mass is 9.92. The van der Waals surface area contributed by atoms with Gasteiger partial charge in [0.25, 0.3) is 0 Å². The molecule has 21 heavy (non-hydrogen) atoms. The molecule has 0 aliphatic heterocycles. The van der Waals surface area contributed by atoms with Crippen LogP contribution in [0.2, 0.25) is 0 Å². The number of sulfonamides is 1. The van der Waals surface area contributed by atoms with Gasteiger partial charge in [-0.15, -0.1) is 0 Å². The fraction of sp³-hybridized carbons (Fsp3) is 0.533. The molecule has 0 saturated heterocycles. The molecule has 0 amide bonds. The Hall–Kier alpha value is -1.42. The quantitative estimate of drug-likeness (QED) is 0.919. The van der Waals surface area contributed by atoms with E-state index in [1.807, 2.05) is 13.0 Å². The van der Waals surface area contributed by atoms with Gasteiger partial charge < -0.3 is 5.73 Å². The van der Waals surface area contributed by atoms with Crippen molar-refractivity contribution in [2.45, 2.75) is 49.6 Å². The topological polar surface area (TPSA) is 87.2 Å². The smallest absolute Gasteiger partial charge is 0.243 e. The van der Waals surface area contributed by atoms with Gasteiger partial charge in [-0.1, -0.05) is 6.92 Å². The maximum Gasteiger partial charge on any atom is 0.243 e. The number of hydrogen-bond acceptors (Lipinski definition) is 4. The van der Waals surface area contributed by atoms with Gasteiger partial charge in [0.2, 0.25) is 10.0 Å². The molecule has 0 radical (unpaired) electrons. The maximum atomic E-state index is 12.8. The van der Waals surface area contributed by atoms with E-state index in [2.05, 4.69) is 0 Å². The molecule has 0 bridgehead atoms. The van der Waals surface area contributed by atoms with E-state index in [9.17, 15) is 8.42 Å². The predicted molar refractivity (Wildman–Crippen MR) is 81.0 cm³/mol. The van der Waals surface area contributed by atoms with Gasteiger partial charge in [0, 0.05) is 18.6 Å². The molecule has 1 aromatic carbocycles. The predicted octanol–water partition coefficient (Wildman–Crippen LogP) is 1.84. The molecule has 0 spiro atoms. The van der Waals surface area contributed by atoms with Crippen LogP contribution < -0.4 is 5.73 Å². The van der Waals surface area contributed by atoms with Crippen LogP contribution in [-0.4, -0.2) is 31.4 Å². The third-order valence-electron chi connectivity index (χ3n) is 4.05. The average molecular weight is 307 g/mol. The zero-order chi connectivity index (χ0) is 15.5. The molecule has 1 fully saturated rings. The van der Waals surface area contributed by atoms with Gasteiger partial charge >= 0.3 is 0 Å². The van der Waals surface area contributed by atoms with Crippen molar-refractivity contribution in [3.05, 3.63) is 29.8 Å². The molecule has 2 rings (SSSR count). The molecule has 0 unspecified atom stereocenters. The fourth-order valence-electron chi connectivity index (χ4n) is 2.85. The van der Waals surface area contributed by atoms with Crippen LogP contribution in [0.3, 0.4) is 0 Å². The van der Waals surface area contributed by atoms with E-state index in [4.69, 9.17) is 11.0 Å². The van der Waals surface area contributed by atoms with Crippen molar-refractivity contribution in [2.75, 3.05) is 6.54 Å². The molecule has 5 nitrogen and oxygen atoms in total. The largest absolute Gasteiger partial charge is 0.328 e. The van der Waals surface area contributed by atoms with Crippen molar-refractivity contribution >= 4 is 10.0 Å². The number of nitrogens with zero attached hydrogens (tertiary/aromatic N) is 2. The van der Waals surface area contributed by atoms with Crippen molar-refractivity contribution in [2.24, 2.45) is 5.73 Å². The Morgan fingerprint density at radius 1 is 1.24 bits per heavy atom. The second kappa shape index (κ2) is 6.56. The highest BCUT2D eigenvalue weighted by Gasteiger charge is 2.32.